The van der Waals surface area contributed by atoms with Crippen LogP contribution in [0.3, 0.4) is 0 Å². The van der Waals surface area contributed by atoms with Gasteiger partial charge in [0.1, 0.15) is 0 Å². The molecule has 0 amide bonds. The molecule has 3 heteroatoms. The largest absolute Gasteiger partial charge is 0.493 e. The predicted octanol–water partition coefficient (Wildman–Crippen LogP) is 1.87. The van der Waals surface area contributed by atoms with E-state index in [4.69, 9.17) is 4.74 Å². The molecule has 1 aromatic rings. The number of methoxy groups -OCH3 is 1. The molecule has 0 saturated heterocycles. The Morgan fingerprint density at radius 2 is 2.00 bits per heavy atom. The Balaban J connectivity index is 1.87. The van der Waals surface area contributed by atoms with Gasteiger partial charge in [-0.25, -0.2) is 0 Å². The van der Waals surface area contributed by atoms with Crippen molar-refractivity contribution in [3.63, 3.8) is 0 Å². The smallest absolute Gasteiger partial charge is 0.208 e. The van der Waals surface area contributed by atoms with Crippen LogP contribution in [-0.2, 0) is 20.7 Å². The molecule has 4 atom stereocenters. The number of benzene rings is 1. The molecule has 0 heterocycles. The highest BCUT2D eigenvalue weighted by Gasteiger charge is 2.58. The Labute approximate surface area is 111 Å². The van der Waals surface area contributed by atoms with Crippen molar-refractivity contribution >= 4 is 11.6 Å². The van der Waals surface area contributed by atoms with Gasteiger partial charge in [0.25, 0.3) is 0 Å². The molecule has 0 N–H and O–H groups in total. The van der Waals surface area contributed by atoms with Crippen molar-refractivity contribution in [3.8, 4) is 0 Å². The minimum atomic E-state index is -0.515. The van der Waals surface area contributed by atoms with Crippen molar-refractivity contribution in [2.24, 2.45) is 17.8 Å². The summed E-state index contributed by atoms with van der Waals surface area (Å²) >= 11 is 0. The van der Waals surface area contributed by atoms with Crippen LogP contribution in [-0.4, -0.2) is 18.7 Å². The summed E-state index contributed by atoms with van der Waals surface area (Å²) in [5.74, 6) is -0.0185. The van der Waals surface area contributed by atoms with Crippen LogP contribution in [0.25, 0.3) is 0 Å². The first-order chi connectivity index (χ1) is 9.22. The first-order valence-electron chi connectivity index (χ1n) is 6.64. The molecule has 0 unspecified atom stereocenters. The summed E-state index contributed by atoms with van der Waals surface area (Å²) in [6.45, 7) is 0. The fraction of sp³-hybridized carbons (Fsp3) is 0.375. The Bertz CT molecular complexity index is 629. The van der Waals surface area contributed by atoms with E-state index in [-0.39, 0.29) is 29.3 Å². The lowest BCUT2D eigenvalue weighted by molar-refractivity contribution is -0.133. The fourth-order valence-electron chi connectivity index (χ4n) is 4.09. The highest BCUT2D eigenvalue weighted by molar-refractivity contribution is 6.15. The molecule has 1 saturated carbocycles. The molecule has 1 aromatic carbocycles. The minimum Gasteiger partial charge on any atom is -0.493 e. The average Bonchev–Trinajstić information content (AvgIpc) is 2.86. The van der Waals surface area contributed by atoms with Crippen molar-refractivity contribution in [1.29, 1.82) is 0 Å². The van der Waals surface area contributed by atoms with Crippen molar-refractivity contribution in [2.45, 2.75) is 12.3 Å². The van der Waals surface area contributed by atoms with Gasteiger partial charge in [-0.15, -0.1) is 0 Å². The summed E-state index contributed by atoms with van der Waals surface area (Å²) in [6.07, 6.45) is 2.65. The van der Waals surface area contributed by atoms with Gasteiger partial charge in [-0.3, -0.25) is 9.59 Å². The Morgan fingerprint density at radius 1 is 1.21 bits per heavy atom. The predicted molar refractivity (Wildman–Crippen MR) is 68.5 cm³/mol. The van der Waals surface area contributed by atoms with Gasteiger partial charge in [-0.1, -0.05) is 24.3 Å². The molecule has 19 heavy (non-hydrogen) atoms. The van der Waals surface area contributed by atoms with Crippen LogP contribution in [0.15, 0.2) is 36.1 Å². The molecule has 3 aliphatic carbocycles. The van der Waals surface area contributed by atoms with E-state index in [1.807, 2.05) is 12.1 Å². The highest BCUT2D eigenvalue weighted by atomic mass is 16.5. The molecule has 3 nitrogen and oxygen atoms in total. The molecule has 3 aliphatic rings. The average molecular weight is 254 g/mol. The molecule has 0 aromatic heterocycles. The van der Waals surface area contributed by atoms with Gasteiger partial charge in [0.2, 0.25) is 5.78 Å². The van der Waals surface area contributed by atoms with Gasteiger partial charge in [0.15, 0.2) is 11.5 Å². The Hall–Kier alpha value is -1.90. The lowest BCUT2D eigenvalue weighted by Gasteiger charge is -2.19. The molecule has 0 spiro atoms. The molecule has 0 aliphatic heterocycles. The zero-order valence-corrected chi connectivity index (χ0v) is 10.6. The summed E-state index contributed by atoms with van der Waals surface area (Å²) in [4.78, 5) is 24.7. The fourth-order valence-corrected chi connectivity index (χ4v) is 4.09. The van der Waals surface area contributed by atoms with Gasteiger partial charge in [0, 0.05) is 11.8 Å². The zero-order chi connectivity index (χ0) is 13.1. The third-order valence-electron chi connectivity index (χ3n) is 4.86. The number of hydrogen-bond donors (Lipinski definition) is 0. The number of ketones is 2. The first kappa shape index (κ1) is 11.0. The van der Waals surface area contributed by atoms with E-state index in [1.54, 1.807) is 6.08 Å². The second kappa shape index (κ2) is 3.56. The van der Waals surface area contributed by atoms with E-state index in [0.29, 0.717) is 5.76 Å². The highest BCUT2D eigenvalue weighted by Crippen LogP contribution is 2.55. The molecular weight excluding hydrogens is 240 g/mol. The van der Waals surface area contributed by atoms with Crippen molar-refractivity contribution < 1.29 is 14.3 Å². The van der Waals surface area contributed by atoms with Crippen molar-refractivity contribution in [2.75, 3.05) is 7.11 Å². The second-order valence-electron chi connectivity index (χ2n) is 5.60. The van der Waals surface area contributed by atoms with Crippen LogP contribution in [0.1, 0.15) is 17.0 Å². The number of Topliss-reactive ketones (excluding diaryl/α,β-unsaturated/α-hetero) is 2. The quantitative estimate of drug-likeness (QED) is 0.719. The van der Waals surface area contributed by atoms with E-state index >= 15 is 0 Å². The van der Waals surface area contributed by atoms with Crippen molar-refractivity contribution in [1.82, 2.24) is 0 Å². The van der Waals surface area contributed by atoms with Gasteiger partial charge >= 0.3 is 0 Å². The minimum absolute atomic E-state index is 0.0603. The van der Waals surface area contributed by atoms with Crippen LogP contribution in [0.2, 0.25) is 0 Å². The maximum atomic E-state index is 12.4. The normalized spacial score (nSPS) is 34.9. The number of ether oxygens (including phenoxy) is 1. The topological polar surface area (TPSA) is 43.4 Å². The summed E-state index contributed by atoms with van der Waals surface area (Å²) in [5.41, 5.74) is 2.48. The van der Waals surface area contributed by atoms with Crippen LogP contribution in [0.5, 0.6) is 0 Å². The number of hydrogen-bond acceptors (Lipinski definition) is 3. The van der Waals surface area contributed by atoms with E-state index in [2.05, 4.69) is 12.1 Å². The number of rotatable bonds is 1. The van der Waals surface area contributed by atoms with Gasteiger partial charge in [-0.2, -0.15) is 0 Å². The molecule has 0 radical (unpaired) electrons. The summed E-state index contributed by atoms with van der Waals surface area (Å²) in [7, 11) is 1.50. The number of carbonyl (C=O) groups excluding carboxylic acids is 2. The number of fused-ring (bicyclic) bond motifs is 7. The van der Waals surface area contributed by atoms with Gasteiger partial charge < -0.3 is 4.74 Å². The zero-order valence-electron chi connectivity index (χ0n) is 10.6. The van der Waals surface area contributed by atoms with E-state index in [9.17, 15) is 9.59 Å². The van der Waals surface area contributed by atoms with Crippen LogP contribution in [0, 0.1) is 17.8 Å². The third-order valence-corrected chi connectivity index (χ3v) is 4.86. The maximum Gasteiger partial charge on any atom is 0.208 e. The second-order valence-corrected chi connectivity index (χ2v) is 5.60. The Morgan fingerprint density at radius 3 is 2.79 bits per heavy atom. The maximum absolute atomic E-state index is 12.4. The molecular formula is C16H14O3. The SMILES string of the molecule is COC1=C[C@@H]2C(=O)[C@H](C1=O)[C@@H]1c3ccccc3C[C@@H]12. The number of allylic oxidation sites excluding steroid dienone is 2. The van der Waals surface area contributed by atoms with Crippen LogP contribution in [0.4, 0.5) is 0 Å². The molecule has 4 rings (SSSR count). The van der Waals surface area contributed by atoms with E-state index in [1.165, 1.54) is 18.2 Å². The van der Waals surface area contributed by atoms with Crippen LogP contribution >= 0.6 is 0 Å². The lowest BCUT2D eigenvalue weighted by atomic mass is 9.84. The van der Waals surface area contributed by atoms with E-state index in [0.717, 1.165) is 6.42 Å². The molecule has 1 fully saturated rings. The van der Waals surface area contributed by atoms with Crippen LogP contribution < -0.4 is 0 Å². The van der Waals surface area contributed by atoms with Crippen molar-refractivity contribution in [3.05, 3.63) is 47.2 Å². The third kappa shape index (κ3) is 1.23. The Kier molecular flexibility index (Phi) is 2.06. The van der Waals surface area contributed by atoms with E-state index < -0.39 is 5.92 Å². The lowest BCUT2D eigenvalue weighted by Crippen LogP contribution is -2.31. The number of carbonyl (C=O) groups is 2. The summed E-state index contributed by atoms with van der Waals surface area (Å²) in [6, 6.07) is 8.19. The standard InChI is InChI=1S/C16H14O3/c1-19-12-7-11-10-6-8-4-2-3-5-9(8)13(10)14(15(11)17)16(12)18/h2-5,7,10-11,13-14H,6H2,1H3/t10-,11+,13-,14-/m1/s1. The molecule has 2 bridgehead atoms. The molecule has 96 valence electrons. The van der Waals surface area contributed by atoms with Gasteiger partial charge in [0.05, 0.1) is 13.0 Å². The monoisotopic (exact) mass is 254 g/mol. The summed E-state index contributed by atoms with van der Waals surface area (Å²) in [5, 5.41) is 0. The summed E-state index contributed by atoms with van der Waals surface area (Å²) < 4.78 is 5.15. The van der Waals surface area contributed by atoms with Gasteiger partial charge in [-0.05, 0) is 29.5 Å². The first-order valence-corrected chi connectivity index (χ1v) is 6.64.